The molecule has 17 heavy (non-hydrogen) atoms. The van der Waals surface area contributed by atoms with Gasteiger partial charge in [0.25, 0.3) is 0 Å². The first-order valence-corrected chi connectivity index (χ1v) is 5.57. The van der Waals surface area contributed by atoms with E-state index in [0.29, 0.717) is 0 Å². The summed E-state index contributed by atoms with van der Waals surface area (Å²) in [5.74, 6) is 0.939. The van der Waals surface area contributed by atoms with Crippen molar-refractivity contribution in [1.29, 1.82) is 0 Å². The van der Waals surface area contributed by atoms with E-state index in [9.17, 15) is 4.79 Å². The highest BCUT2D eigenvalue weighted by atomic mass is 16.3. The molecule has 2 aromatic rings. The minimum atomic E-state index is -0.158. The maximum Gasteiger partial charge on any atom is 0.327 e. The first-order chi connectivity index (χ1) is 8.25. The Labute approximate surface area is 99.5 Å². The van der Waals surface area contributed by atoms with Gasteiger partial charge in [0.2, 0.25) is 0 Å². The molecule has 0 spiro atoms. The van der Waals surface area contributed by atoms with Gasteiger partial charge >= 0.3 is 6.03 Å². The third-order valence-electron chi connectivity index (χ3n) is 2.51. The van der Waals surface area contributed by atoms with E-state index in [0.717, 1.165) is 18.6 Å². The number of carbonyl (C=O) groups excluding carboxylic acids is 1. The molecule has 0 saturated heterocycles. The van der Waals surface area contributed by atoms with E-state index in [4.69, 9.17) is 4.42 Å². The Bertz CT molecular complexity index is 448. The van der Waals surface area contributed by atoms with E-state index in [1.165, 1.54) is 10.9 Å². The van der Waals surface area contributed by atoms with Crippen molar-refractivity contribution in [1.82, 2.24) is 14.9 Å². The zero-order chi connectivity index (χ0) is 12.1. The number of aryl methyl sites for hydroxylation is 1. The lowest BCUT2D eigenvalue weighted by Gasteiger charge is -2.12. The maximum absolute atomic E-state index is 11.7. The fourth-order valence-corrected chi connectivity index (χ4v) is 1.55. The van der Waals surface area contributed by atoms with Crippen LogP contribution >= 0.6 is 0 Å². The fraction of sp³-hybridized carbons (Fsp3) is 0.333. The average Bonchev–Trinajstić information content (AvgIpc) is 2.99. The van der Waals surface area contributed by atoms with Gasteiger partial charge in [-0.05, 0) is 25.5 Å². The quantitative estimate of drug-likeness (QED) is 0.879. The number of carbonyl (C=O) groups is 1. The van der Waals surface area contributed by atoms with E-state index in [1.54, 1.807) is 18.7 Å². The van der Waals surface area contributed by atoms with Crippen molar-refractivity contribution in [3.63, 3.8) is 0 Å². The molecule has 0 bridgehead atoms. The molecule has 5 nitrogen and oxygen atoms in total. The number of furan rings is 1. The van der Waals surface area contributed by atoms with Crippen LogP contribution in [0.5, 0.6) is 0 Å². The highest BCUT2D eigenvalue weighted by molar-refractivity contribution is 5.76. The molecular formula is C12H15N3O2. The van der Waals surface area contributed by atoms with Gasteiger partial charge < -0.3 is 9.73 Å². The number of rotatable bonds is 4. The van der Waals surface area contributed by atoms with Crippen molar-refractivity contribution in [2.75, 3.05) is 0 Å². The predicted octanol–water partition coefficient (Wildman–Crippen LogP) is 2.06. The van der Waals surface area contributed by atoms with Crippen LogP contribution in [0.1, 0.15) is 19.1 Å². The molecule has 2 heterocycles. The minimum Gasteiger partial charge on any atom is -0.469 e. The van der Waals surface area contributed by atoms with Gasteiger partial charge in [0.15, 0.2) is 0 Å². The smallest absolute Gasteiger partial charge is 0.327 e. The molecular weight excluding hydrogens is 218 g/mol. The molecule has 0 fully saturated rings. The van der Waals surface area contributed by atoms with Crippen molar-refractivity contribution in [2.45, 2.75) is 25.8 Å². The number of amides is 1. The van der Waals surface area contributed by atoms with Gasteiger partial charge in [-0.2, -0.15) is 0 Å². The monoisotopic (exact) mass is 233 g/mol. The third kappa shape index (κ3) is 3.21. The Morgan fingerprint density at radius 2 is 2.53 bits per heavy atom. The second-order valence-corrected chi connectivity index (χ2v) is 3.94. The van der Waals surface area contributed by atoms with Crippen molar-refractivity contribution >= 4 is 6.03 Å². The Morgan fingerprint density at radius 3 is 3.18 bits per heavy atom. The number of aromatic nitrogens is 2. The highest BCUT2D eigenvalue weighted by Gasteiger charge is 2.09. The van der Waals surface area contributed by atoms with Crippen LogP contribution in [0.2, 0.25) is 0 Å². The molecule has 0 aliphatic heterocycles. The van der Waals surface area contributed by atoms with Crippen LogP contribution in [0, 0.1) is 0 Å². The molecule has 90 valence electrons. The molecule has 1 unspecified atom stereocenters. The lowest BCUT2D eigenvalue weighted by molar-refractivity contribution is 0.238. The third-order valence-corrected chi connectivity index (χ3v) is 2.51. The van der Waals surface area contributed by atoms with Crippen LogP contribution in [-0.2, 0) is 6.42 Å². The largest absolute Gasteiger partial charge is 0.469 e. The second kappa shape index (κ2) is 5.34. The van der Waals surface area contributed by atoms with E-state index >= 15 is 0 Å². The standard InChI is InChI=1S/C12H15N3O2/c1-10(4-5-11-3-2-8-17-11)14-12(16)15-7-6-13-9-15/h2-3,6-10H,4-5H2,1H3,(H,14,16). The zero-order valence-corrected chi connectivity index (χ0v) is 9.67. The molecule has 2 aromatic heterocycles. The summed E-state index contributed by atoms with van der Waals surface area (Å²) in [5.41, 5.74) is 0. The summed E-state index contributed by atoms with van der Waals surface area (Å²) in [6.07, 6.45) is 7.99. The van der Waals surface area contributed by atoms with Gasteiger partial charge in [-0.1, -0.05) is 0 Å². The molecule has 2 rings (SSSR count). The van der Waals surface area contributed by atoms with Crippen LogP contribution in [0.3, 0.4) is 0 Å². The van der Waals surface area contributed by atoms with Gasteiger partial charge in [0.05, 0.1) is 6.26 Å². The molecule has 0 aliphatic rings. The lowest BCUT2D eigenvalue weighted by Crippen LogP contribution is -2.35. The molecule has 1 amide bonds. The van der Waals surface area contributed by atoms with Crippen molar-refractivity contribution < 1.29 is 9.21 Å². The number of hydrogen-bond donors (Lipinski definition) is 1. The molecule has 1 N–H and O–H groups in total. The molecule has 5 heteroatoms. The van der Waals surface area contributed by atoms with Crippen molar-refractivity contribution in [3.05, 3.63) is 42.9 Å². The summed E-state index contributed by atoms with van der Waals surface area (Å²) >= 11 is 0. The number of nitrogens with one attached hydrogen (secondary N) is 1. The fourth-order valence-electron chi connectivity index (χ4n) is 1.55. The van der Waals surface area contributed by atoms with Crippen LogP contribution in [0.15, 0.2) is 41.5 Å². The predicted molar refractivity (Wildman–Crippen MR) is 62.6 cm³/mol. The Balaban J connectivity index is 1.77. The van der Waals surface area contributed by atoms with E-state index in [1.807, 2.05) is 19.1 Å². The van der Waals surface area contributed by atoms with Gasteiger partial charge in [-0.25, -0.2) is 9.78 Å². The average molecular weight is 233 g/mol. The summed E-state index contributed by atoms with van der Waals surface area (Å²) in [7, 11) is 0. The Hall–Kier alpha value is -2.04. The number of hydrogen-bond acceptors (Lipinski definition) is 3. The highest BCUT2D eigenvalue weighted by Crippen LogP contribution is 2.05. The van der Waals surface area contributed by atoms with E-state index < -0.39 is 0 Å². The summed E-state index contributed by atoms with van der Waals surface area (Å²) in [6.45, 7) is 1.97. The maximum atomic E-state index is 11.7. The zero-order valence-electron chi connectivity index (χ0n) is 9.67. The first kappa shape index (κ1) is 11.4. The Morgan fingerprint density at radius 1 is 1.65 bits per heavy atom. The van der Waals surface area contributed by atoms with Crippen LogP contribution < -0.4 is 5.32 Å². The summed E-state index contributed by atoms with van der Waals surface area (Å²) < 4.78 is 6.65. The molecule has 1 atom stereocenters. The summed E-state index contributed by atoms with van der Waals surface area (Å²) in [5, 5.41) is 2.89. The first-order valence-electron chi connectivity index (χ1n) is 5.57. The van der Waals surface area contributed by atoms with Gasteiger partial charge in [0, 0.05) is 24.9 Å². The van der Waals surface area contributed by atoms with E-state index in [2.05, 4.69) is 10.3 Å². The molecule has 0 radical (unpaired) electrons. The summed E-state index contributed by atoms with van der Waals surface area (Å²) in [6, 6.07) is 3.73. The number of imidazole rings is 1. The molecule has 0 aromatic carbocycles. The SMILES string of the molecule is CC(CCc1ccco1)NC(=O)n1ccnc1. The second-order valence-electron chi connectivity index (χ2n) is 3.94. The summed E-state index contributed by atoms with van der Waals surface area (Å²) in [4.78, 5) is 15.5. The Kier molecular flexibility index (Phi) is 3.59. The van der Waals surface area contributed by atoms with Crippen molar-refractivity contribution in [3.8, 4) is 0 Å². The van der Waals surface area contributed by atoms with Crippen LogP contribution in [-0.4, -0.2) is 21.6 Å². The number of nitrogens with zero attached hydrogens (tertiary/aromatic N) is 2. The molecule has 0 saturated carbocycles. The van der Waals surface area contributed by atoms with E-state index in [-0.39, 0.29) is 12.1 Å². The van der Waals surface area contributed by atoms with Crippen molar-refractivity contribution in [2.24, 2.45) is 0 Å². The van der Waals surface area contributed by atoms with Gasteiger partial charge in [0.1, 0.15) is 12.1 Å². The van der Waals surface area contributed by atoms with Gasteiger partial charge in [-0.3, -0.25) is 4.57 Å². The normalized spacial score (nSPS) is 12.3. The lowest BCUT2D eigenvalue weighted by atomic mass is 10.1. The van der Waals surface area contributed by atoms with Gasteiger partial charge in [-0.15, -0.1) is 0 Å². The minimum absolute atomic E-state index is 0.0926. The van der Waals surface area contributed by atoms with Crippen LogP contribution in [0.25, 0.3) is 0 Å². The molecule has 0 aliphatic carbocycles. The topological polar surface area (TPSA) is 60.1 Å². The van der Waals surface area contributed by atoms with Crippen LogP contribution in [0.4, 0.5) is 4.79 Å².